The lowest BCUT2D eigenvalue weighted by atomic mass is 10.2. The van der Waals surface area contributed by atoms with Crippen LogP contribution in [-0.4, -0.2) is 36.4 Å². The van der Waals surface area contributed by atoms with Crippen molar-refractivity contribution < 1.29 is 4.79 Å². The van der Waals surface area contributed by atoms with Crippen molar-refractivity contribution in [3.63, 3.8) is 0 Å². The van der Waals surface area contributed by atoms with Gasteiger partial charge in [0.1, 0.15) is 12.2 Å². The van der Waals surface area contributed by atoms with E-state index in [0.29, 0.717) is 5.75 Å². The van der Waals surface area contributed by atoms with Gasteiger partial charge in [0, 0.05) is 6.54 Å². The summed E-state index contributed by atoms with van der Waals surface area (Å²) in [6.07, 6.45) is 2.50. The zero-order chi connectivity index (χ0) is 17.8. The lowest BCUT2D eigenvalue weighted by Gasteiger charge is -2.14. The van der Waals surface area contributed by atoms with Crippen LogP contribution in [0.5, 0.6) is 0 Å². The number of aryl methyl sites for hydroxylation is 2. The highest BCUT2D eigenvalue weighted by Crippen LogP contribution is 2.20. The highest BCUT2D eigenvalue weighted by Gasteiger charge is 2.16. The molecule has 132 valence electrons. The molecule has 1 atom stereocenters. The molecule has 0 saturated carbocycles. The quantitative estimate of drug-likeness (QED) is 0.634. The van der Waals surface area contributed by atoms with E-state index in [1.54, 1.807) is 0 Å². The van der Waals surface area contributed by atoms with E-state index in [1.165, 1.54) is 23.7 Å². The first-order valence-corrected chi connectivity index (χ1v) is 9.31. The van der Waals surface area contributed by atoms with Gasteiger partial charge in [-0.25, -0.2) is 14.6 Å². The Hall–Kier alpha value is -2.35. The predicted molar refractivity (Wildman–Crippen MR) is 98.4 cm³/mol. The Bertz CT molecular complexity index is 871. The Kier molecular flexibility index (Phi) is 5.37. The molecule has 0 saturated heterocycles. The molecule has 1 unspecified atom stereocenters. The van der Waals surface area contributed by atoms with Crippen LogP contribution < -0.4 is 5.32 Å². The van der Waals surface area contributed by atoms with Crippen LogP contribution in [0.3, 0.4) is 0 Å². The van der Waals surface area contributed by atoms with Crippen molar-refractivity contribution in [2.75, 3.05) is 5.75 Å². The van der Waals surface area contributed by atoms with E-state index < -0.39 is 0 Å². The summed E-state index contributed by atoms with van der Waals surface area (Å²) in [5.41, 5.74) is 3.08. The molecule has 7 nitrogen and oxygen atoms in total. The number of hydrogen-bond acceptors (Lipinski definition) is 5. The number of nitrogens with zero attached hydrogens (tertiary/aromatic N) is 4. The SMILES string of the molecule is CCCn1ncnc1C(C)NC(=O)CSc1nc2ccc(C)cc2[nH]1. The number of fused-ring (bicyclic) bond motifs is 1. The van der Waals surface area contributed by atoms with Crippen LogP contribution >= 0.6 is 11.8 Å². The number of hydrogen-bond donors (Lipinski definition) is 2. The van der Waals surface area contributed by atoms with Crippen LogP contribution in [0.25, 0.3) is 11.0 Å². The number of amides is 1. The van der Waals surface area contributed by atoms with Gasteiger partial charge in [-0.15, -0.1) is 0 Å². The maximum atomic E-state index is 12.2. The topological polar surface area (TPSA) is 88.5 Å². The number of thioether (sulfide) groups is 1. The van der Waals surface area contributed by atoms with Gasteiger partial charge in [-0.05, 0) is 38.0 Å². The number of carbonyl (C=O) groups is 1. The number of aromatic amines is 1. The second kappa shape index (κ2) is 7.69. The first-order chi connectivity index (χ1) is 12.1. The Morgan fingerprint density at radius 3 is 3.08 bits per heavy atom. The lowest BCUT2D eigenvalue weighted by molar-refractivity contribution is -0.119. The first kappa shape index (κ1) is 17.5. The smallest absolute Gasteiger partial charge is 0.231 e. The molecule has 0 aliphatic carbocycles. The number of rotatable bonds is 7. The summed E-state index contributed by atoms with van der Waals surface area (Å²) >= 11 is 1.39. The summed E-state index contributed by atoms with van der Waals surface area (Å²) in [4.78, 5) is 24.2. The van der Waals surface area contributed by atoms with Crippen LogP contribution in [0.1, 0.15) is 37.7 Å². The zero-order valence-corrected chi connectivity index (χ0v) is 15.4. The molecule has 0 fully saturated rings. The van der Waals surface area contributed by atoms with Crippen molar-refractivity contribution in [2.45, 2.75) is 44.9 Å². The van der Waals surface area contributed by atoms with Crippen molar-refractivity contribution in [2.24, 2.45) is 0 Å². The summed E-state index contributed by atoms with van der Waals surface area (Å²) < 4.78 is 1.83. The number of benzene rings is 1. The van der Waals surface area contributed by atoms with Gasteiger partial charge in [-0.2, -0.15) is 5.10 Å². The largest absolute Gasteiger partial charge is 0.346 e. The first-order valence-electron chi connectivity index (χ1n) is 8.33. The van der Waals surface area contributed by atoms with Crippen LogP contribution in [0.2, 0.25) is 0 Å². The normalized spacial score (nSPS) is 12.4. The molecule has 1 amide bonds. The molecule has 0 aliphatic rings. The molecular weight excluding hydrogens is 336 g/mol. The average molecular weight is 358 g/mol. The van der Waals surface area contributed by atoms with Crippen LogP contribution in [0.4, 0.5) is 0 Å². The van der Waals surface area contributed by atoms with E-state index in [-0.39, 0.29) is 11.9 Å². The Labute approximate surface area is 150 Å². The van der Waals surface area contributed by atoms with Gasteiger partial charge < -0.3 is 10.3 Å². The number of H-pyrrole nitrogens is 1. The second-order valence-electron chi connectivity index (χ2n) is 5.98. The fraction of sp³-hybridized carbons (Fsp3) is 0.412. The highest BCUT2D eigenvalue weighted by atomic mass is 32.2. The van der Waals surface area contributed by atoms with Gasteiger partial charge in [0.15, 0.2) is 5.16 Å². The van der Waals surface area contributed by atoms with Gasteiger partial charge in [0.25, 0.3) is 0 Å². The van der Waals surface area contributed by atoms with Gasteiger partial charge >= 0.3 is 0 Å². The standard InChI is InChI=1S/C17H22N6OS/c1-4-7-23-16(18-10-19-23)12(3)20-15(24)9-25-17-21-13-6-5-11(2)8-14(13)22-17/h5-6,8,10,12H,4,7,9H2,1-3H3,(H,20,24)(H,21,22). The molecule has 2 heterocycles. The van der Waals surface area contributed by atoms with E-state index in [0.717, 1.165) is 35.0 Å². The van der Waals surface area contributed by atoms with Gasteiger partial charge in [-0.3, -0.25) is 4.79 Å². The number of aromatic nitrogens is 5. The van der Waals surface area contributed by atoms with Crippen molar-refractivity contribution in [1.29, 1.82) is 0 Å². The van der Waals surface area contributed by atoms with Crippen molar-refractivity contribution >= 4 is 28.7 Å². The molecule has 0 aliphatic heterocycles. The van der Waals surface area contributed by atoms with Crippen molar-refractivity contribution in [3.05, 3.63) is 35.9 Å². The Balaban J connectivity index is 1.57. The summed E-state index contributed by atoms with van der Waals surface area (Å²) in [6, 6.07) is 5.88. The van der Waals surface area contributed by atoms with Crippen LogP contribution in [-0.2, 0) is 11.3 Å². The molecule has 0 radical (unpaired) electrons. The number of imidazole rings is 1. The van der Waals surface area contributed by atoms with Crippen LogP contribution in [0.15, 0.2) is 29.7 Å². The molecule has 2 aromatic heterocycles. The Morgan fingerprint density at radius 2 is 2.28 bits per heavy atom. The molecule has 25 heavy (non-hydrogen) atoms. The molecular formula is C17H22N6OS. The zero-order valence-electron chi connectivity index (χ0n) is 14.6. The highest BCUT2D eigenvalue weighted by molar-refractivity contribution is 7.99. The maximum Gasteiger partial charge on any atom is 0.231 e. The van der Waals surface area contributed by atoms with Gasteiger partial charge in [-0.1, -0.05) is 24.8 Å². The van der Waals surface area contributed by atoms with E-state index in [1.807, 2.05) is 30.7 Å². The molecule has 8 heteroatoms. The van der Waals surface area contributed by atoms with Gasteiger partial charge in [0.2, 0.25) is 5.91 Å². The van der Waals surface area contributed by atoms with E-state index >= 15 is 0 Å². The number of nitrogens with one attached hydrogen (secondary N) is 2. The average Bonchev–Trinajstić information content (AvgIpc) is 3.19. The molecule has 0 spiro atoms. The summed E-state index contributed by atoms with van der Waals surface area (Å²) in [7, 11) is 0. The fourth-order valence-electron chi connectivity index (χ4n) is 2.64. The van der Waals surface area contributed by atoms with Crippen molar-refractivity contribution in [1.82, 2.24) is 30.0 Å². The summed E-state index contributed by atoms with van der Waals surface area (Å²) in [5.74, 6) is 1.02. The second-order valence-corrected chi connectivity index (χ2v) is 6.95. The van der Waals surface area contributed by atoms with Crippen molar-refractivity contribution in [3.8, 4) is 0 Å². The minimum atomic E-state index is -0.180. The minimum absolute atomic E-state index is 0.0554. The number of carbonyl (C=O) groups excluding carboxylic acids is 1. The predicted octanol–water partition coefficient (Wildman–Crippen LogP) is 2.84. The van der Waals surface area contributed by atoms with Gasteiger partial charge in [0.05, 0.1) is 22.8 Å². The maximum absolute atomic E-state index is 12.2. The summed E-state index contributed by atoms with van der Waals surface area (Å²) in [5, 5.41) is 7.91. The molecule has 1 aromatic carbocycles. The molecule has 3 rings (SSSR count). The Morgan fingerprint density at radius 1 is 1.44 bits per heavy atom. The van der Waals surface area contributed by atoms with E-state index in [2.05, 4.69) is 38.4 Å². The third-order valence-electron chi connectivity index (χ3n) is 3.80. The molecule has 0 bridgehead atoms. The fourth-order valence-corrected chi connectivity index (χ4v) is 3.34. The molecule has 3 aromatic rings. The molecule has 2 N–H and O–H groups in total. The monoisotopic (exact) mass is 358 g/mol. The third-order valence-corrected chi connectivity index (χ3v) is 4.67. The van der Waals surface area contributed by atoms with E-state index in [9.17, 15) is 4.79 Å². The summed E-state index contributed by atoms with van der Waals surface area (Å²) in [6.45, 7) is 6.84. The van der Waals surface area contributed by atoms with E-state index in [4.69, 9.17) is 0 Å². The third kappa shape index (κ3) is 4.19. The lowest BCUT2D eigenvalue weighted by Crippen LogP contribution is -2.30. The van der Waals surface area contributed by atoms with Crippen LogP contribution in [0, 0.1) is 6.92 Å². The minimum Gasteiger partial charge on any atom is -0.346 e.